The minimum atomic E-state index is -0.678. The van der Waals surface area contributed by atoms with Crippen LogP contribution in [0.1, 0.15) is 11.1 Å². The Labute approximate surface area is 169 Å². The lowest BCUT2D eigenvalue weighted by atomic mass is 10.1. The molecule has 0 saturated heterocycles. The van der Waals surface area contributed by atoms with Crippen molar-refractivity contribution in [2.75, 3.05) is 20.0 Å². The van der Waals surface area contributed by atoms with E-state index in [1.807, 2.05) is 0 Å². The molecular formula is C19H14ClNO8. The minimum absolute atomic E-state index is 0.0141. The van der Waals surface area contributed by atoms with Gasteiger partial charge >= 0.3 is 5.97 Å². The molecule has 10 heteroatoms. The zero-order valence-corrected chi connectivity index (χ0v) is 15.6. The summed E-state index contributed by atoms with van der Waals surface area (Å²) in [6.07, 6.45) is 2.39. The lowest BCUT2D eigenvalue weighted by Gasteiger charge is -2.20. The number of nitro groups is 1. The minimum Gasteiger partial charge on any atom is -0.486 e. The fraction of sp³-hybridized carbons (Fsp3) is 0.211. The van der Waals surface area contributed by atoms with Gasteiger partial charge in [-0.25, -0.2) is 4.79 Å². The molecule has 4 rings (SSSR count). The van der Waals surface area contributed by atoms with E-state index < -0.39 is 10.9 Å². The smallest absolute Gasteiger partial charge is 0.331 e. The van der Waals surface area contributed by atoms with E-state index in [4.69, 9.17) is 35.3 Å². The van der Waals surface area contributed by atoms with Crippen molar-refractivity contribution in [3.63, 3.8) is 0 Å². The second-order valence-corrected chi connectivity index (χ2v) is 6.47. The summed E-state index contributed by atoms with van der Waals surface area (Å²) in [6, 6.07) is 5.99. The topological polar surface area (TPSA) is 106 Å². The number of benzene rings is 2. The molecule has 0 aliphatic carbocycles. The molecule has 29 heavy (non-hydrogen) atoms. The quantitative estimate of drug-likeness (QED) is 0.313. The summed E-state index contributed by atoms with van der Waals surface area (Å²) in [5, 5.41) is 11.6. The number of carbonyl (C=O) groups is 1. The Balaban J connectivity index is 1.45. The molecule has 150 valence electrons. The zero-order chi connectivity index (χ0) is 20.4. The van der Waals surface area contributed by atoms with E-state index in [9.17, 15) is 14.9 Å². The number of hydrogen-bond donors (Lipinski definition) is 0. The predicted molar refractivity (Wildman–Crippen MR) is 100 cm³/mol. The second kappa shape index (κ2) is 7.88. The van der Waals surface area contributed by atoms with Gasteiger partial charge in [0, 0.05) is 6.08 Å². The van der Waals surface area contributed by atoms with Crippen molar-refractivity contribution >= 4 is 29.3 Å². The van der Waals surface area contributed by atoms with Crippen molar-refractivity contribution in [3.05, 3.63) is 56.6 Å². The average molecular weight is 420 g/mol. The third-order valence-corrected chi connectivity index (χ3v) is 4.44. The highest BCUT2D eigenvalue weighted by molar-refractivity contribution is 6.32. The standard InChI is InChI=1S/C19H14ClNO8/c20-13-5-11(6-17-19(13)26-4-3-25-17)9-27-18(22)2-1-12-7-15-16(29-10-28-15)8-14(12)21(23)24/h1-2,5-8H,3-4,9-10H2/b2-1+. The van der Waals surface area contributed by atoms with Crippen molar-refractivity contribution in [1.82, 2.24) is 0 Å². The molecule has 2 aliphatic heterocycles. The van der Waals surface area contributed by atoms with Crippen LogP contribution in [-0.4, -0.2) is 30.9 Å². The summed E-state index contributed by atoms with van der Waals surface area (Å²) < 4.78 is 26.4. The molecule has 0 N–H and O–H groups in total. The zero-order valence-electron chi connectivity index (χ0n) is 14.9. The van der Waals surface area contributed by atoms with Crippen LogP contribution in [0.25, 0.3) is 6.08 Å². The SMILES string of the molecule is O=C(/C=C/c1cc2c(cc1[N+](=O)[O-])OCO2)OCc1cc(Cl)c2c(c1)OCCO2. The number of halogens is 1. The van der Waals surface area contributed by atoms with Gasteiger partial charge in [0.25, 0.3) is 5.69 Å². The van der Waals surface area contributed by atoms with Gasteiger partial charge in [0.05, 0.1) is 21.6 Å². The second-order valence-electron chi connectivity index (χ2n) is 6.06. The molecule has 0 amide bonds. The van der Waals surface area contributed by atoms with Gasteiger partial charge in [0.2, 0.25) is 6.79 Å². The highest BCUT2D eigenvalue weighted by atomic mass is 35.5. The molecule has 0 saturated carbocycles. The summed E-state index contributed by atoms with van der Waals surface area (Å²) in [5.74, 6) is 0.925. The summed E-state index contributed by atoms with van der Waals surface area (Å²) in [6.45, 7) is 0.754. The largest absolute Gasteiger partial charge is 0.486 e. The number of nitrogens with zero attached hydrogens (tertiary/aromatic N) is 1. The highest BCUT2D eigenvalue weighted by Gasteiger charge is 2.22. The molecular weight excluding hydrogens is 406 g/mol. The lowest BCUT2D eigenvalue weighted by molar-refractivity contribution is -0.385. The van der Waals surface area contributed by atoms with Crippen LogP contribution < -0.4 is 18.9 Å². The molecule has 0 unspecified atom stereocenters. The van der Waals surface area contributed by atoms with Crippen LogP contribution in [0, 0.1) is 10.1 Å². The van der Waals surface area contributed by atoms with Crippen LogP contribution in [-0.2, 0) is 16.1 Å². The van der Waals surface area contributed by atoms with E-state index in [2.05, 4.69) is 0 Å². The Morgan fingerprint density at radius 1 is 1.10 bits per heavy atom. The van der Waals surface area contributed by atoms with Crippen LogP contribution in [0.3, 0.4) is 0 Å². The Morgan fingerprint density at radius 3 is 2.66 bits per heavy atom. The van der Waals surface area contributed by atoms with E-state index in [-0.39, 0.29) is 30.4 Å². The van der Waals surface area contributed by atoms with E-state index in [1.54, 1.807) is 12.1 Å². The molecule has 2 heterocycles. The van der Waals surface area contributed by atoms with Crippen molar-refractivity contribution in [2.45, 2.75) is 6.61 Å². The molecule has 0 radical (unpaired) electrons. The van der Waals surface area contributed by atoms with Crippen LogP contribution >= 0.6 is 11.6 Å². The average Bonchev–Trinajstić information content (AvgIpc) is 3.17. The molecule has 9 nitrogen and oxygen atoms in total. The van der Waals surface area contributed by atoms with Crippen LogP contribution in [0.2, 0.25) is 5.02 Å². The maximum absolute atomic E-state index is 12.1. The first kappa shape index (κ1) is 18.9. The monoisotopic (exact) mass is 419 g/mol. The third kappa shape index (κ3) is 4.04. The fourth-order valence-electron chi connectivity index (χ4n) is 2.85. The van der Waals surface area contributed by atoms with Gasteiger partial charge in [-0.05, 0) is 29.8 Å². The van der Waals surface area contributed by atoms with E-state index >= 15 is 0 Å². The Hall–Kier alpha value is -3.46. The first-order valence-corrected chi connectivity index (χ1v) is 8.90. The van der Waals surface area contributed by atoms with E-state index in [0.717, 1.165) is 6.08 Å². The molecule has 2 aliphatic rings. The van der Waals surface area contributed by atoms with Gasteiger partial charge in [0.15, 0.2) is 23.0 Å². The number of esters is 1. The molecule has 0 fully saturated rings. The van der Waals surface area contributed by atoms with Gasteiger partial charge < -0.3 is 23.7 Å². The maximum Gasteiger partial charge on any atom is 0.331 e. The van der Waals surface area contributed by atoms with E-state index in [1.165, 1.54) is 18.2 Å². The number of nitro benzene ring substituents is 1. The van der Waals surface area contributed by atoms with Crippen LogP contribution in [0.5, 0.6) is 23.0 Å². The fourth-order valence-corrected chi connectivity index (χ4v) is 3.13. The molecule has 2 aromatic rings. The maximum atomic E-state index is 12.1. The summed E-state index contributed by atoms with van der Waals surface area (Å²) in [4.78, 5) is 22.7. The number of ether oxygens (including phenoxy) is 5. The number of rotatable bonds is 5. The van der Waals surface area contributed by atoms with Crippen LogP contribution in [0.4, 0.5) is 5.69 Å². The third-order valence-electron chi connectivity index (χ3n) is 4.16. The normalized spacial score (nSPS) is 14.1. The van der Waals surface area contributed by atoms with Crippen molar-refractivity contribution in [2.24, 2.45) is 0 Å². The highest BCUT2D eigenvalue weighted by Crippen LogP contribution is 2.39. The molecule has 0 spiro atoms. The van der Waals surface area contributed by atoms with Crippen LogP contribution in [0.15, 0.2) is 30.3 Å². The van der Waals surface area contributed by atoms with E-state index in [0.29, 0.717) is 41.0 Å². The number of hydrogen-bond acceptors (Lipinski definition) is 8. The Morgan fingerprint density at radius 2 is 1.86 bits per heavy atom. The molecule has 0 atom stereocenters. The van der Waals surface area contributed by atoms with Crippen molar-refractivity contribution in [1.29, 1.82) is 0 Å². The van der Waals surface area contributed by atoms with Gasteiger partial charge in [-0.3, -0.25) is 10.1 Å². The Kier molecular flexibility index (Phi) is 5.13. The first-order valence-electron chi connectivity index (χ1n) is 8.52. The lowest BCUT2D eigenvalue weighted by Crippen LogP contribution is -2.16. The van der Waals surface area contributed by atoms with Gasteiger partial charge in [-0.2, -0.15) is 0 Å². The van der Waals surface area contributed by atoms with Gasteiger partial charge in [-0.1, -0.05) is 11.6 Å². The summed E-state index contributed by atoms with van der Waals surface area (Å²) in [5.41, 5.74) is 0.602. The summed E-state index contributed by atoms with van der Waals surface area (Å²) >= 11 is 6.15. The molecule has 2 aromatic carbocycles. The summed E-state index contributed by atoms with van der Waals surface area (Å²) in [7, 11) is 0. The van der Waals surface area contributed by atoms with Gasteiger partial charge in [0.1, 0.15) is 19.8 Å². The first-order chi connectivity index (χ1) is 14.0. The Bertz CT molecular complexity index is 1020. The van der Waals surface area contributed by atoms with Gasteiger partial charge in [-0.15, -0.1) is 0 Å². The predicted octanol–water partition coefficient (Wildman–Crippen LogP) is 3.50. The number of fused-ring (bicyclic) bond motifs is 2. The van der Waals surface area contributed by atoms with Crippen molar-refractivity contribution < 1.29 is 33.4 Å². The number of carbonyl (C=O) groups excluding carboxylic acids is 1. The molecule has 0 bridgehead atoms. The molecule has 0 aromatic heterocycles. The van der Waals surface area contributed by atoms with Crippen molar-refractivity contribution in [3.8, 4) is 23.0 Å².